The highest BCUT2D eigenvalue weighted by Crippen LogP contribution is 2.17. The molecule has 0 saturated heterocycles. The third-order valence-corrected chi connectivity index (χ3v) is 4.78. The molecule has 0 radical (unpaired) electrons. The third kappa shape index (κ3) is 3.32. The Kier molecular flexibility index (Phi) is 5.05. The van der Waals surface area contributed by atoms with Crippen LogP contribution in [0.25, 0.3) is 16.9 Å². The van der Waals surface area contributed by atoms with E-state index in [-0.39, 0.29) is 17.7 Å². The van der Waals surface area contributed by atoms with Gasteiger partial charge in [-0.25, -0.2) is 18.7 Å². The molecule has 0 aliphatic heterocycles. The molecule has 30 heavy (non-hydrogen) atoms. The molecule has 8 heteroatoms. The first-order valence-electron chi connectivity index (χ1n) is 9.24. The smallest absolute Gasteiger partial charge is 0.337 e. The number of aromatic nitrogens is 4. The van der Waals surface area contributed by atoms with Crippen LogP contribution >= 0.6 is 0 Å². The molecule has 0 amide bonds. The van der Waals surface area contributed by atoms with E-state index in [1.54, 1.807) is 11.7 Å². The van der Waals surface area contributed by atoms with Gasteiger partial charge in [0.15, 0.2) is 11.2 Å². The molecule has 2 aromatic carbocycles. The van der Waals surface area contributed by atoms with Crippen LogP contribution in [0.15, 0.2) is 77.1 Å². The van der Waals surface area contributed by atoms with Gasteiger partial charge < -0.3 is 9.30 Å². The second-order valence-electron chi connectivity index (χ2n) is 6.70. The highest BCUT2D eigenvalue weighted by Gasteiger charge is 2.19. The zero-order valence-corrected chi connectivity index (χ0v) is 16.3. The first-order valence-corrected chi connectivity index (χ1v) is 9.24. The van der Waals surface area contributed by atoms with Crippen LogP contribution in [0.1, 0.15) is 5.56 Å². The van der Waals surface area contributed by atoms with Crippen molar-refractivity contribution >= 4 is 11.2 Å². The van der Waals surface area contributed by atoms with Gasteiger partial charge in [-0.2, -0.15) is 0 Å². The van der Waals surface area contributed by atoms with E-state index in [1.807, 2.05) is 24.3 Å². The minimum Gasteiger partial charge on any atom is -0.497 e. The molecule has 0 saturated carbocycles. The Bertz CT molecular complexity index is 1350. The molecule has 0 aliphatic rings. The predicted octanol–water partition coefficient (Wildman–Crippen LogP) is 2.73. The lowest BCUT2D eigenvalue weighted by molar-refractivity contribution is 0.414. The number of benzene rings is 2. The highest BCUT2D eigenvalue weighted by molar-refractivity contribution is 5.72. The van der Waals surface area contributed by atoms with E-state index in [1.165, 1.54) is 41.2 Å². The summed E-state index contributed by atoms with van der Waals surface area (Å²) in [5.74, 6) is 0.273. The molecule has 2 aromatic heterocycles. The molecule has 0 fully saturated rings. The number of allylic oxidation sites excluding steroid dienone is 1. The summed E-state index contributed by atoms with van der Waals surface area (Å²) in [6, 6.07) is 12.9. The Morgan fingerprint density at radius 1 is 1.17 bits per heavy atom. The van der Waals surface area contributed by atoms with E-state index in [0.29, 0.717) is 18.0 Å². The fourth-order valence-corrected chi connectivity index (χ4v) is 3.38. The number of rotatable bonds is 6. The fraction of sp³-hybridized carbons (Fsp3) is 0.136. The maximum atomic E-state index is 13.4. The molecule has 0 bridgehead atoms. The topological polar surface area (TPSA) is 71.0 Å². The maximum absolute atomic E-state index is 13.4. The molecule has 7 nitrogen and oxygen atoms in total. The molecule has 0 N–H and O–H groups in total. The lowest BCUT2D eigenvalue weighted by Crippen LogP contribution is -2.39. The normalized spacial score (nSPS) is 11.0. The van der Waals surface area contributed by atoms with Crippen LogP contribution in [0.4, 0.5) is 4.39 Å². The molecule has 4 rings (SSSR count). The van der Waals surface area contributed by atoms with E-state index in [4.69, 9.17) is 4.74 Å². The number of methoxy groups -OCH3 is 1. The van der Waals surface area contributed by atoms with Gasteiger partial charge in [-0.05, 0) is 42.0 Å². The Balaban J connectivity index is 1.96. The van der Waals surface area contributed by atoms with Crippen LogP contribution in [0, 0.1) is 5.82 Å². The Morgan fingerprint density at radius 3 is 2.63 bits per heavy atom. The van der Waals surface area contributed by atoms with E-state index in [9.17, 15) is 14.0 Å². The summed E-state index contributed by atoms with van der Waals surface area (Å²) in [4.78, 5) is 30.5. The van der Waals surface area contributed by atoms with Crippen molar-refractivity contribution in [1.82, 2.24) is 18.7 Å². The average molecular weight is 406 g/mol. The van der Waals surface area contributed by atoms with Crippen molar-refractivity contribution in [3.05, 3.63) is 99.7 Å². The number of nitrogens with zero attached hydrogens (tertiary/aromatic N) is 4. The minimum absolute atomic E-state index is 0.0408. The molecule has 4 aromatic rings. The standard InChI is InChI=1S/C22H19FN4O3/c1-3-11-26-21(28)19-20(27(22(26)29)17-9-7-16(23)8-10-17)24-14-25(19)13-15-5-4-6-18(12-15)30-2/h3-10,12,14H,1,11,13H2,2H3. The molecular weight excluding hydrogens is 387 g/mol. The number of hydrogen-bond acceptors (Lipinski definition) is 4. The monoisotopic (exact) mass is 406 g/mol. The van der Waals surface area contributed by atoms with Crippen molar-refractivity contribution in [3.63, 3.8) is 0 Å². The summed E-state index contributed by atoms with van der Waals surface area (Å²) in [6.45, 7) is 4.04. The number of halogens is 1. The first-order chi connectivity index (χ1) is 14.5. The van der Waals surface area contributed by atoms with Gasteiger partial charge in [0.1, 0.15) is 11.6 Å². The van der Waals surface area contributed by atoms with Gasteiger partial charge in [0.2, 0.25) is 0 Å². The summed E-state index contributed by atoms with van der Waals surface area (Å²) in [7, 11) is 1.58. The largest absolute Gasteiger partial charge is 0.497 e. The molecule has 0 aliphatic carbocycles. The van der Waals surface area contributed by atoms with E-state index >= 15 is 0 Å². The fourth-order valence-electron chi connectivity index (χ4n) is 3.38. The Labute approximate surface area is 170 Å². The predicted molar refractivity (Wildman–Crippen MR) is 112 cm³/mol. The van der Waals surface area contributed by atoms with Crippen molar-refractivity contribution in [2.24, 2.45) is 0 Å². The maximum Gasteiger partial charge on any atom is 0.337 e. The van der Waals surface area contributed by atoms with Crippen LogP contribution in [0.2, 0.25) is 0 Å². The van der Waals surface area contributed by atoms with Crippen molar-refractivity contribution < 1.29 is 9.13 Å². The van der Waals surface area contributed by atoms with Crippen molar-refractivity contribution in [3.8, 4) is 11.4 Å². The molecule has 152 valence electrons. The zero-order valence-electron chi connectivity index (χ0n) is 16.3. The van der Waals surface area contributed by atoms with Gasteiger partial charge in [-0.15, -0.1) is 6.58 Å². The average Bonchev–Trinajstić information content (AvgIpc) is 3.16. The second-order valence-corrected chi connectivity index (χ2v) is 6.70. The molecular formula is C22H19FN4O3. The van der Waals surface area contributed by atoms with Gasteiger partial charge in [0.05, 0.1) is 19.1 Å². The number of fused-ring (bicyclic) bond motifs is 1. The lowest BCUT2D eigenvalue weighted by Gasteiger charge is -2.12. The third-order valence-electron chi connectivity index (χ3n) is 4.78. The van der Waals surface area contributed by atoms with Crippen LogP contribution in [-0.2, 0) is 13.1 Å². The highest BCUT2D eigenvalue weighted by atomic mass is 19.1. The van der Waals surface area contributed by atoms with E-state index < -0.39 is 17.1 Å². The summed E-state index contributed by atoms with van der Waals surface area (Å²) in [5.41, 5.74) is 0.765. The minimum atomic E-state index is -0.564. The van der Waals surface area contributed by atoms with Crippen molar-refractivity contribution in [2.45, 2.75) is 13.1 Å². The number of ether oxygens (including phenoxy) is 1. The Hall–Kier alpha value is -3.94. The van der Waals surface area contributed by atoms with Crippen LogP contribution < -0.4 is 16.0 Å². The van der Waals surface area contributed by atoms with Gasteiger partial charge in [0, 0.05) is 13.1 Å². The van der Waals surface area contributed by atoms with Crippen LogP contribution in [0.5, 0.6) is 5.75 Å². The SMILES string of the molecule is C=CCn1c(=O)c2c(ncn2Cc2cccc(OC)c2)n(-c2ccc(F)cc2)c1=O. The zero-order chi connectivity index (χ0) is 21.3. The van der Waals surface area contributed by atoms with E-state index in [0.717, 1.165) is 10.1 Å². The molecule has 2 heterocycles. The lowest BCUT2D eigenvalue weighted by atomic mass is 10.2. The summed E-state index contributed by atoms with van der Waals surface area (Å²) < 4.78 is 22.7. The van der Waals surface area contributed by atoms with Gasteiger partial charge >= 0.3 is 5.69 Å². The Morgan fingerprint density at radius 2 is 1.93 bits per heavy atom. The number of imidazole rings is 1. The van der Waals surface area contributed by atoms with Gasteiger partial charge in [-0.3, -0.25) is 9.36 Å². The first kappa shape index (κ1) is 19.4. The van der Waals surface area contributed by atoms with Gasteiger partial charge in [0.25, 0.3) is 5.56 Å². The van der Waals surface area contributed by atoms with Crippen LogP contribution in [-0.4, -0.2) is 25.8 Å². The summed E-state index contributed by atoms with van der Waals surface area (Å²) in [5, 5.41) is 0. The molecule has 0 unspecified atom stereocenters. The summed E-state index contributed by atoms with van der Waals surface area (Å²) in [6.07, 6.45) is 3.00. The van der Waals surface area contributed by atoms with Crippen LogP contribution in [0.3, 0.4) is 0 Å². The van der Waals surface area contributed by atoms with Crippen molar-refractivity contribution in [2.75, 3.05) is 7.11 Å². The van der Waals surface area contributed by atoms with Gasteiger partial charge in [-0.1, -0.05) is 18.2 Å². The van der Waals surface area contributed by atoms with E-state index in [2.05, 4.69) is 11.6 Å². The number of hydrogen-bond donors (Lipinski definition) is 0. The summed E-state index contributed by atoms with van der Waals surface area (Å²) >= 11 is 0. The molecule has 0 spiro atoms. The van der Waals surface area contributed by atoms with Crippen molar-refractivity contribution in [1.29, 1.82) is 0 Å². The molecule has 0 atom stereocenters. The quantitative estimate of drug-likeness (QED) is 0.462. The second kappa shape index (κ2) is 7.82.